The summed E-state index contributed by atoms with van der Waals surface area (Å²) in [6, 6.07) is 5.67. The number of hydrogen-bond acceptors (Lipinski definition) is 5. The van der Waals surface area contributed by atoms with Crippen molar-refractivity contribution in [3.8, 4) is 11.5 Å². The molecule has 6 heteroatoms. The molecular formula is C13H18N4O2. The summed E-state index contributed by atoms with van der Waals surface area (Å²) in [7, 11) is 3.28. The average Bonchev–Trinajstić information content (AvgIpc) is 2.98. The van der Waals surface area contributed by atoms with Gasteiger partial charge in [-0.15, -0.1) is 0 Å². The van der Waals surface area contributed by atoms with Crippen molar-refractivity contribution >= 4 is 0 Å². The van der Waals surface area contributed by atoms with Gasteiger partial charge in [-0.1, -0.05) is 6.92 Å². The van der Waals surface area contributed by atoms with Crippen LogP contribution < -0.4 is 14.8 Å². The Morgan fingerprint density at radius 1 is 1.32 bits per heavy atom. The lowest BCUT2D eigenvalue weighted by Crippen LogP contribution is -2.23. The Bertz CT molecular complexity index is 513. The molecule has 0 saturated heterocycles. The molecule has 1 unspecified atom stereocenters. The number of rotatable bonds is 6. The van der Waals surface area contributed by atoms with Crippen molar-refractivity contribution in [3.05, 3.63) is 35.7 Å². The van der Waals surface area contributed by atoms with E-state index in [0.717, 1.165) is 29.3 Å². The topological polar surface area (TPSA) is 72.1 Å². The largest absolute Gasteiger partial charge is 0.497 e. The van der Waals surface area contributed by atoms with E-state index in [1.165, 1.54) is 0 Å². The summed E-state index contributed by atoms with van der Waals surface area (Å²) >= 11 is 0. The third kappa shape index (κ3) is 2.85. The van der Waals surface area contributed by atoms with Crippen molar-refractivity contribution < 1.29 is 9.47 Å². The first-order valence-corrected chi connectivity index (χ1v) is 6.11. The number of methoxy groups -OCH3 is 2. The Hall–Kier alpha value is -2.08. The van der Waals surface area contributed by atoms with Crippen LogP contribution in [0.15, 0.2) is 24.4 Å². The van der Waals surface area contributed by atoms with Crippen LogP contribution in [0.3, 0.4) is 0 Å². The van der Waals surface area contributed by atoms with Gasteiger partial charge in [0.25, 0.3) is 0 Å². The predicted octanol–water partition coefficient (Wildman–Crippen LogP) is 1.52. The van der Waals surface area contributed by atoms with Gasteiger partial charge in [0, 0.05) is 11.6 Å². The second kappa shape index (κ2) is 6.19. The first kappa shape index (κ1) is 13.4. The van der Waals surface area contributed by atoms with Crippen molar-refractivity contribution in [1.29, 1.82) is 0 Å². The van der Waals surface area contributed by atoms with Crippen molar-refractivity contribution in [2.45, 2.75) is 13.0 Å². The molecule has 0 amide bonds. The zero-order valence-electron chi connectivity index (χ0n) is 11.3. The summed E-state index contributed by atoms with van der Waals surface area (Å²) < 4.78 is 10.6. The molecule has 1 atom stereocenters. The highest BCUT2D eigenvalue weighted by atomic mass is 16.5. The first-order valence-electron chi connectivity index (χ1n) is 6.11. The standard InChI is InChI=1S/C13H18N4O2/c1-4-14-13(11-8-15-17-16-11)10-6-5-9(18-2)7-12(10)19-3/h5-8,13-14H,4H2,1-3H3,(H,15,16,17). The second-order valence-electron chi connectivity index (χ2n) is 3.99. The molecule has 0 aliphatic heterocycles. The normalized spacial score (nSPS) is 12.2. The molecule has 0 saturated carbocycles. The Kier molecular flexibility index (Phi) is 4.35. The van der Waals surface area contributed by atoms with Crippen LogP contribution in [0.5, 0.6) is 11.5 Å². The van der Waals surface area contributed by atoms with E-state index in [1.54, 1.807) is 20.4 Å². The molecule has 2 N–H and O–H groups in total. The lowest BCUT2D eigenvalue weighted by molar-refractivity contribution is 0.387. The maximum Gasteiger partial charge on any atom is 0.127 e. The smallest absolute Gasteiger partial charge is 0.127 e. The molecule has 6 nitrogen and oxygen atoms in total. The SMILES string of the molecule is CCNC(c1cn[nH]n1)c1ccc(OC)cc1OC. The fourth-order valence-electron chi connectivity index (χ4n) is 1.98. The van der Waals surface area contributed by atoms with Crippen molar-refractivity contribution in [2.24, 2.45) is 0 Å². The Balaban J connectivity index is 2.41. The Morgan fingerprint density at radius 3 is 2.74 bits per heavy atom. The van der Waals surface area contributed by atoms with Crippen LogP contribution in [0, 0.1) is 0 Å². The molecule has 0 bridgehead atoms. The van der Waals surface area contributed by atoms with Gasteiger partial charge in [0.15, 0.2) is 0 Å². The van der Waals surface area contributed by atoms with Crippen LogP contribution in [-0.2, 0) is 0 Å². The lowest BCUT2D eigenvalue weighted by atomic mass is 10.0. The monoisotopic (exact) mass is 262 g/mol. The molecule has 19 heavy (non-hydrogen) atoms. The Morgan fingerprint density at radius 2 is 2.16 bits per heavy atom. The van der Waals surface area contributed by atoms with E-state index in [2.05, 4.69) is 20.7 Å². The summed E-state index contributed by atoms with van der Waals surface area (Å²) in [6.07, 6.45) is 1.71. The highest BCUT2D eigenvalue weighted by Crippen LogP contribution is 2.32. The average molecular weight is 262 g/mol. The molecule has 2 aromatic rings. The highest BCUT2D eigenvalue weighted by molar-refractivity contribution is 5.44. The molecule has 0 aliphatic rings. The summed E-state index contributed by atoms with van der Waals surface area (Å²) in [6.45, 7) is 2.86. The molecule has 2 rings (SSSR count). The first-order chi connectivity index (χ1) is 9.30. The van der Waals surface area contributed by atoms with E-state index in [1.807, 2.05) is 25.1 Å². The van der Waals surface area contributed by atoms with E-state index in [9.17, 15) is 0 Å². The van der Waals surface area contributed by atoms with Crippen LogP contribution in [0.25, 0.3) is 0 Å². The van der Waals surface area contributed by atoms with Gasteiger partial charge in [-0.05, 0) is 18.7 Å². The van der Waals surface area contributed by atoms with Crippen LogP contribution >= 0.6 is 0 Å². The van der Waals surface area contributed by atoms with Gasteiger partial charge in [0.2, 0.25) is 0 Å². The summed E-state index contributed by atoms with van der Waals surface area (Å²) in [5.74, 6) is 1.52. The molecule has 0 spiro atoms. The molecule has 1 aromatic carbocycles. The number of benzene rings is 1. The van der Waals surface area contributed by atoms with Crippen LogP contribution in [0.1, 0.15) is 24.2 Å². The molecule has 102 valence electrons. The van der Waals surface area contributed by atoms with Gasteiger partial charge in [0.1, 0.15) is 17.2 Å². The quantitative estimate of drug-likeness (QED) is 0.826. The van der Waals surface area contributed by atoms with Gasteiger partial charge in [0.05, 0.1) is 26.5 Å². The van der Waals surface area contributed by atoms with E-state index in [0.29, 0.717) is 0 Å². The van der Waals surface area contributed by atoms with Crippen molar-refractivity contribution in [3.63, 3.8) is 0 Å². The van der Waals surface area contributed by atoms with Gasteiger partial charge in [-0.2, -0.15) is 15.4 Å². The molecule has 1 aromatic heterocycles. The van der Waals surface area contributed by atoms with Gasteiger partial charge in [-0.25, -0.2) is 0 Å². The molecule has 1 heterocycles. The number of aromatic amines is 1. The third-order valence-electron chi connectivity index (χ3n) is 2.89. The highest BCUT2D eigenvalue weighted by Gasteiger charge is 2.20. The lowest BCUT2D eigenvalue weighted by Gasteiger charge is -2.19. The van der Waals surface area contributed by atoms with Gasteiger partial charge in [-0.3, -0.25) is 0 Å². The minimum Gasteiger partial charge on any atom is -0.497 e. The molecule has 0 radical (unpaired) electrons. The van der Waals surface area contributed by atoms with E-state index in [-0.39, 0.29) is 6.04 Å². The second-order valence-corrected chi connectivity index (χ2v) is 3.99. The van der Waals surface area contributed by atoms with Gasteiger partial charge >= 0.3 is 0 Å². The minimum atomic E-state index is -0.0652. The van der Waals surface area contributed by atoms with Crippen LogP contribution in [0.4, 0.5) is 0 Å². The fraction of sp³-hybridized carbons (Fsp3) is 0.385. The fourth-order valence-corrected chi connectivity index (χ4v) is 1.98. The number of nitrogens with one attached hydrogen (secondary N) is 2. The number of ether oxygens (including phenoxy) is 2. The van der Waals surface area contributed by atoms with Crippen LogP contribution in [0.2, 0.25) is 0 Å². The third-order valence-corrected chi connectivity index (χ3v) is 2.89. The predicted molar refractivity (Wildman–Crippen MR) is 71.4 cm³/mol. The zero-order valence-corrected chi connectivity index (χ0v) is 11.3. The summed E-state index contributed by atoms with van der Waals surface area (Å²) in [5.41, 5.74) is 1.82. The zero-order chi connectivity index (χ0) is 13.7. The molecule has 0 aliphatic carbocycles. The number of aromatic nitrogens is 3. The Labute approximate surface area is 112 Å². The number of hydrogen-bond donors (Lipinski definition) is 2. The van der Waals surface area contributed by atoms with Crippen molar-refractivity contribution in [1.82, 2.24) is 20.7 Å². The summed E-state index contributed by atoms with van der Waals surface area (Å²) in [5, 5.41) is 14.0. The number of H-pyrrole nitrogens is 1. The summed E-state index contributed by atoms with van der Waals surface area (Å²) in [4.78, 5) is 0. The maximum absolute atomic E-state index is 5.43. The van der Waals surface area contributed by atoms with E-state index < -0.39 is 0 Å². The van der Waals surface area contributed by atoms with Gasteiger partial charge < -0.3 is 14.8 Å². The minimum absolute atomic E-state index is 0.0652. The molecule has 0 fully saturated rings. The van der Waals surface area contributed by atoms with Crippen LogP contribution in [-0.4, -0.2) is 36.2 Å². The number of nitrogens with zero attached hydrogens (tertiary/aromatic N) is 2. The maximum atomic E-state index is 5.43. The molecular weight excluding hydrogens is 244 g/mol. The van der Waals surface area contributed by atoms with E-state index >= 15 is 0 Å². The van der Waals surface area contributed by atoms with Crippen molar-refractivity contribution in [2.75, 3.05) is 20.8 Å². The van der Waals surface area contributed by atoms with E-state index in [4.69, 9.17) is 9.47 Å².